The van der Waals surface area contributed by atoms with E-state index >= 15 is 0 Å². The summed E-state index contributed by atoms with van der Waals surface area (Å²) in [6.07, 6.45) is 0.630. The highest BCUT2D eigenvalue weighted by Crippen LogP contribution is 2.18. The summed E-state index contributed by atoms with van der Waals surface area (Å²) in [6, 6.07) is 8.21. The zero-order valence-corrected chi connectivity index (χ0v) is 12.8. The van der Waals surface area contributed by atoms with Gasteiger partial charge in [0.05, 0.1) is 12.2 Å². The molecule has 1 aromatic rings. The zero-order chi connectivity index (χ0) is 14.4. The van der Waals surface area contributed by atoms with Crippen LogP contribution in [0.1, 0.15) is 19.4 Å². The topological polar surface area (TPSA) is 33.7 Å². The fourth-order valence-corrected chi connectivity index (χ4v) is 2.73. The lowest BCUT2D eigenvalue weighted by Gasteiger charge is -2.35. The SMILES string of the molecule is CNCc1ccccc1OCCN1C[C@@H](C)O[C@@H](C)C1. The standard InChI is InChI=1S/C16H26N2O2/c1-13-11-18(12-14(2)20-13)8-9-19-16-7-5-4-6-15(16)10-17-3/h4-7,13-14,17H,8-12H2,1-3H3/t13-,14+. The Bertz CT molecular complexity index is 401. The number of hydrogen-bond donors (Lipinski definition) is 1. The maximum Gasteiger partial charge on any atom is 0.123 e. The lowest BCUT2D eigenvalue weighted by molar-refractivity contribution is -0.0699. The molecule has 1 saturated heterocycles. The molecular formula is C16H26N2O2. The number of nitrogens with one attached hydrogen (secondary N) is 1. The fourth-order valence-electron chi connectivity index (χ4n) is 2.73. The lowest BCUT2D eigenvalue weighted by Crippen LogP contribution is -2.46. The van der Waals surface area contributed by atoms with Crippen LogP contribution in [0.3, 0.4) is 0 Å². The van der Waals surface area contributed by atoms with Gasteiger partial charge in [0.25, 0.3) is 0 Å². The molecule has 0 spiro atoms. The van der Waals surface area contributed by atoms with Crippen molar-refractivity contribution in [1.29, 1.82) is 0 Å². The number of nitrogens with zero attached hydrogens (tertiary/aromatic N) is 1. The molecule has 0 aliphatic carbocycles. The molecule has 0 bridgehead atoms. The minimum Gasteiger partial charge on any atom is -0.492 e. The molecule has 0 saturated carbocycles. The van der Waals surface area contributed by atoms with Crippen LogP contribution in [0.4, 0.5) is 0 Å². The van der Waals surface area contributed by atoms with Crippen molar-refractivity contribution < 1.29 is 9.47 Å². The molecule has 4 heteroatoms. The third-order valence-corrected chi connectivity index (χ3v) is 3.50. The molecule has 2 rings (SSSR count). The van der Waals surface area contributed by atoms with E-state index in [0.29, 0.717) is 12.2 Å². The van der Waals surface area contributed by atoms with E-state index in [2.05, 4.69) is 30.1 Å². The molecule has 1 heterocycles. The predicted octanol–water partition coefficient (Wildman–Crippen LogP) is 1.89. The lowest BCUT2D eigenvalue weighted by atomic mass is 10.2. The Morgan fingerprint density at radius 2 is 1.95 bits per heavy atom. The van der Waals surface area contributed by atoms with Gasteiger partial charge in [-0.25, -0.2) is 0 Å². The second-order valence-electron chi connectivity index (χ2n) is 5.50. The quantitative estimate of drug-likeness (QED) is 0.861. The average molecular weight is 278 g/mol. The molecule has 1 N–H and O–H groups in total. The smallest absolute Gasteiger partial charge is 0.123 e. The molecule has 0 unspecified atom stereocenters. The van der Waals surface area contributed by atoms with E-state index in [1.807, 2.05) is 25.2 Å². The van der Waals surface area contributed by atoms with Gasteiger partial charge in [0, 0.05) is 31.7 Å². The Kier molecular flexibility index (Phi) is 5.83. The number of ether oxygens (including phenoxy) is 2. The Balaban J connectivity index is 1.81. The summed E-state index contributed by atoms with van der Waals surface area (Å²) in [7, 11) is 1.95. The molecule has 1 aliphatic heterocycles. The highest BCUT2D eigenvalue weighted by molar-refractivity contribution is 5.33. The van der Waals surface area contributed by atoms with E-state index in [1.54, 1.807) is 0 Å². The van der Waals surface area contributed by atoms with Crippen molar-refractivity contribution in [2.75, 3.05) is 33.3 Å². The van der Waals surface area contributed by atoms with Crippen molar-refractivity contribution in [1.82, 2.24) is 10.2 Å². The highest BCUT2D eigenvalue weighted by atomic mass is 16.5. The second kappa shape index (κ2) is 7.62. The van der Waals surface area contributed by atoms with Crippen LogP contribution < -0.4 is 10.1 Å². The molecular weight excluding hydrogens is 252 g/mol. The van der Waals surface area contributed by atoms with E-state index in [1.165, 1.54) is 5.56 Å². The van der Waals surface area contributed by atoms with Crippen molar-refractivity contribution in [3.63, 3.8) is 0 Å². The van der Waals surface area contributed by atoms with Crippen molar-refractivity contribution in [3.05, 3.63) is 29.8 Å². The third-order valence-electron chi connectivity index (χ3n) is 3.50. The van der Waals surface area contributed by atoms with E-state index in [4.69, 9.17) is 9.47 Å². The summed E-state index contributed by atoms with van der Waals surface area (Å²) in [5.74, 6) is 0.983. The molecule has 1 aliphatic rings. The minimum atomic E-state index is 0.315. The molecule has 112 valence electrons. The van der Waals surface area contributed by atoms with Crippen molar-refractivity contribution in [2.45, 2.75) is 32.6 Å². The van der Waals surface area contributed by atoms with E-state index in [0.717, 1.165) is 38.5 Å². The first-order chi connectivity index (χ1) is 9.69. The van der Waals surface area contributed by atoms with Crippen LogP contribution in [-0.2, 0) is 11.3 Å². The highest BCUT2D eigenvalue weighted by Gasteiger charge is 2.21. The van der Waals surface area contributed by atoms with Crippen LogP contribution in [0, 0.1) is 0 Å². The van der Waals surface area contributed by atoms with Crippen LogP contribution in [0.15, 0.2) is 24.3 Å². The summed E-state index contributed by atoms with van der Waals surface area (Å²) in [4.78, 5) is 2.42. The summed E-state index contributed by atoms with van der Waals surface area (Å²) < 4.78 is 11.7. The van der Waals surface area contributed by atoms with Gasteiger partial charge in [0.2, 0.25) is 0 Å². The first kappa shape index (κ1) is 15.3. The van der Waals surface area contributed by atoms with Gasteiger partial charge in [0.1, 0.15) is 12.4 Å². The van der Waals surface area contributed by atoms with Crippen LogP contribution in [0.5, 0.6) is 5.75 Å². The van der Waals surface area contributed by atoms with Gasteiger partial charge in [-0.15, -0.1) is 0 Å². The maximum absolute atomic E-state index is 5.94. The van der Waals surface area contributed by atoms with Gasteiger partial charge >= 0.3 is 0 Å². The second-order valence-corrected chi connectivity index (χ2v) is 5.50. The van der Waals surface area contributed by atoms with Gasteiger partial charge in [-0.3, -0.25) is 4.90 Å². The van der Waals surface area contributed by atoms with Crippen LogP contribution in [-0.4, -0.2) is 50.4 Å². The zero-order valence-electron chi connectivity index (χ0n) is 12.8. The van der Waals surface area contributed by atoms with E-state index in [9.17, 15) is 0 Å². The largest absolute Gasteiger partial charge is 0.492 e. The molecule has 0 radical (unpaired) electrons. The van der Waals surface area contributed by atoms with Crippen molar-refractivity contribution >= 4 is 0 Å². The average Bonchev–Trinajstić information content (AvgIpc) is 2.40. The van der Waals surface area contributed by atoms with Crippen molar-refractivity contribution in [3.8, 4) is 5.75 Å². The fraction of sp³-hybridized carbons (Fsp3) is 0.625. The van der Waals surface area contributed by atoms with Gasteiger partial charge < -0.3 is 14.8 Å². The summed E-state index contributed by atoms with van der Waals surface area (Å²) in [5.41, 5.74) is 1.21. The number of benzene rings is 1. The van der Waals surface area contributed by atoms with E-state index in [-0.39, 0.29) is 0 Å². The number of hydrogen-bond acceptors (Lipinski definition) is 4. The Hall–Kier alpha value is -1.10. The Labute approximate surface area is 122 Å². The van der Waals surface area contributed by atoms with Gasteiger partial charge in [-0.2, -0.15) is 0 Å². The Morgan fingerprint density at radius 1 is 1.25 bits per heavy atom. The van der Waals surface area contributed by atoms with Gasteiger partial charge in [-0.1, -0.05) is 18.2 Å². The Morgan fingerprint density at radius 3 is 2.65 bits per heavy atom. The first-order valence-corrected chi connectivity index (χ1v) is 7.42. The predicted molar refractivity (Wildman–Crippen MR) is 81.1 cm³/mol. The third kappa shape index (κ3) is 4.47. The molecule has 0 aromatic heterocycles. The first-order valence-electron chi connectivity index (χ1n) is 7.42. The molecule has 4 nitrogen and oxygen atoms in total. The number of rotatable bonds is 6. The molecule has 0 amide bonds. The van der Waals surface area contributed by atoms with Crippen molar-refractivity contribution in [2.24, 2.45) is 0 Å². The normalized spacial score (nSPS) is 23.8. The monoisotopic (exact) mass is 278 g/mol. The van der Waals surface area contributed by atoms with Gasteiger partial charge in [0.15, 0.2) is 0 Å². The molecule has 20 heavy (non-hydrogen) atoms. The molecule has 1 fully saturated rings. The van der Waals surface area contributed by atoms with E-state index < -0.39 is 0 Å². The molecule has 2 atom stereocenters. The van der Waals surface area contributed by atoms with Gasteiger partial charge in [-0.05, 0) is 27.0 Å². The summed E-state index contributed by atoms with van der Waals surface area (Å²) in [6.45, 7) is 8.75. The summed E-state index contributed by atoms with van der Waals surface area (Å²) in [5, 5.41) is 3.17. The van der Waals surface area contributed by atoms with Crippen LogP contribution >= 0.6 is 0 Å². The minimum absolute atomic E-state index is 0.315. The van der Waals surface area contributed by atoms with Crippen LogP contribution in [0.2, 0.25) is 0 Å². The number of morpholine rings is 1. The number of para-hydroxylation sites is 1. The maximum atomic E-state index is 5.94. The summed E-state index contributed by atoms with van der Waals surface area (Å²) >= 11 is 0. The molecule has 1 aromatic carbocycles. The van der Waals surface area contributed by atoms with Crippen LogP contribution in [0.25, 0.3) is 0 Å².